The Morgan fingerprint density at radius 3 is 2.50 bits per heavy atom. The predicted molar refractivity (Wildman–Crippen MR) is 94.0 cm³/mol. The lowest BCUT2D eigenvalue weighted by molar-refractivity contribution is 0.0702. The zero-order chi connectivity index (χ0) is 17.9. The molecule has 0 unspecified atom stereocenters. The van der Waals surface area contributed by atoms with Gasteiger partial charge in [0, 0.05) is 11.8 Å². The van der Waals surface area contributed by atoms with Crippen LogP contribution in [0.4, 0.5) is 0 Å². The van der Waals surface area contributed by atoms with Gasteiger partial charge in [-0.2, -0.15) is 0 Å². The summed E-state index contributed by atoms with van der Waals surface area (Å²) in [6, 6.07) is 9.11. The summed E-state index contributed by atoms with van der Waals surface area (Å²) >= 11 is 0. The molecule has 0 amide bonds. The highest BCUT2D eigenvalue weighted by Gasteiger charge is 2.40. The van der Waals surface area contributed by atoms with Gasteiger partial charge in [-0.05, 0) is 25.0 Å². The van der Waals surface area contributed by atoms with E-state index in [0.29, 0.717) is 11.1 Å². The number of hydrogen-bond acceptors (Lipinski definition) is 4. The number of aromatic nitrogens is 1. The Bertz CT molecular complexity index is 795. The van der Waals surface area contributed by atoms with Crippen LogP contribution in [0.2, 0.25) is 0 Å². The summed E-state index contributed by atoms with van der Waals surface area (Å²) < 4.78 is 0. The molecule has 0 aliphatic heterocycles. The van der Waals surface area contributed by atoms with Crippen molar-refractivity contribution in [1.29, 1.82) is 0 Å². The molecule has 0 spiro atoms. The average Bonchev–Trinajstić information content (AvgIpc) is 2.60. The van der Waals surface area contributed by atoms with E-state index in [1.54, 1.807) is 39.0 Å². The number of aliphatic hydroxyl groups excluding tert-OH is 2. The van der Waals surface area contributed by atoms with E-state index in [9.17, 15) is 20.1 Å². The second-order valence-electron chi connectivity index (χ2n) is 6.13. The molecule has 0 saturated carbocycles. The van der Waals surface area contributed by atoms with Gasteiger partial charge in [0.2, 0.25) is 0 Å². The SMILES string of the molecule is C/C=C(\C)[C@@H](O)[C@](C)(CO)c1c(O)c(-c2ccccc2)c[nH]c1=O. The molecule has 1 heterocycles. The van der Waals surface area contributed by atoms with Crippen LogP contribution >= 0.6 is 0 Å². The van der Waals surface area contributed by atoms with Crippen LogP contribution in [0.3, 0.4) is 0 Å². The monoisotopic (exact) mass is 329 g/mol. The summed E-state index contributed by atoms with van der Waals surface area (Å²) in [5.74, 6) is -0.232. The molecule has 1 aromatic carbocycles. The summed E-state index contributed by atoms with van der Waals surface area (Å²) in [5.41, 5.74) is -0.124. The smallest absolute Gasteiger partial charge is 0.255 e. The standard InChI is InChI=1S/C19H23NO4/c1-4-12(2)17(23)19(3,11-21)15-16(22)14(10-20-18(15)24)13-8-6-5-7-9-13/h4-10,17,21,23H,11H2,1-3H3,(H2,20,22,24)/b12-4+/t17-,19-/m1/s1. The molecule has 0 aliphatic carbocycles. The summed E-state index contributed by atoms with van der Waals surface area (Å²) in [6.45, 7) is 4.55. The minimum Gasteiger partial charge on any atom is -0.507 e. The first-order valence-corrected chi connectivity index (χ1v) is 7.79. The molecule has 2 aromatic rings. The van der Waals surface area contributed by atoms with Gasteiger partial charge >= 0.3 is 0 Å². The molecule has 2 rings (SSSR count). The van der Waals surface area contributed by atoms with Crippen LogP contribution in [0, 0.1) is 0 Å². The molecule has 4 N–H and O–H groups in total. The number of aromatic hydroxyl groups is 1. The summed E-state index contributed by atoms with van der Waals surface area (Å²) in [5, 5.41) is 31.3. The number of aliphatic hydroxyl groups is 2. The van der Waals surface area contributed by atoms with Crippen molar-refractivity contribution in [3.8, 4) is 16.9 Å². The zero-order valence-electron chi connectivity index (χ0n) is 14.1. The Hall–Kier alpha value is -2.37. The van der Waals surface area contributed by atoms with Crippen molar-refractivity contribution < 1.29 is 15.3 Å². The highest BCUT2D eigenvalue weighted by atomic mass is 16.3. The van der Waals surface area contributed by atoms with E-state index in [1.807, 2.05) is 18.2 Å². The number of rotatable bonds is 5. The molecule has 0 fully saturated rings. The normalized spacial score (nSPS) is 15.8. The maximum atomic E-state index is 12.4. The summed E-state index contributed by atoms with van der Waals surface area (Å²) in [4.78, 5) is 15.0. The van der Waals surface area contributed by atoms with Gasteiger partial charge in [-0.3, -0.25) is 4.79 Å². The van der Waals surface area contributed by atoms with Crippen LogP contribution in [0.25, 0.3) is 11.1 Å². The van der Waals surface area contributed by atoms with Crippen LogP contribution < -0.4 is 5.56 Å². The second-order valence-corrected chi connectivity index (χ2v) is 6.13. The number of benzene rings is 1. The Morgan fingerprint density at radius 1 is 1.33 bits per heavy atom. The highest BCUT2D eigenvalue weighted by Crippen LogP contribution is 2.38. The Kier molecular flexibility index (Phi) is 5.26. The third-order valence-electron chi connectivity index (χ3n) is 4.54. The van der Waals surface area contributed by atoms with Crippen LogP contribution in [0.1, 0.15) is 26.3 Å². The van der Waals surface area contributed by atoms with Gasteiger partial charge in [0.05, 0.1) is 23.7 Å². The number of hydrogen-bond donors (Lipinski definition) is 4. The fraction of sp³-hybridized carbons (Fsp3) is 0.316. The quantitative estimate of drug-likeness (QED) is 0.633. The van der Waals surface area contributed by atoms with Crippen molar-refractivity contribution in [3.63, 3.8) is 0 Å². The van der Waals surface area contributed by atoms with Gasteiger partial charge in [-0.25, -0.2) is 0 Å². The molecule has 128 valence electrons. The van der Waals surface area contributed by atoms with E-state index in [-0.39, 0.29) is 11.3 Å². The summed E-state index contributed by atoms with van der Waals surface area (Å²) in [7, 11) is 0. The van der Waals surface area contributed by atoms with Gasteiger partial charge in [0.1, 0.15) is 5.75 Å². The maximum Gasteiger partial charge on any atom is 0.255 e. The van der Waals surface area contributed by atoms with Gasteiger partial charge in [0.15, 0.2) is 0 Å². The molecular weight excluding hydrogens is 306 g/mol. The Balaban J connectivity index is 2.71. The third kappa shape index (κ3) is 3.00. The van der Waals surface area contributed by atoms with E-state index in [4.69, 9.17) is 0 Å². The molecule has 1 aromatic heterocycles. The van der Waals surface area contributed by atoms with Gasteiger partial charge < -0.3 is 20.3 Å². The molecular formula is C19H23NO4. The largest absolute Gasteiger partial charge is 0.507 e. The van der Waals surface area contributed by atoms with E-state index in [2.05, 4.69) is 4.98 Å². The lowest BCUT2D eigenvalue weighted by Gasteiger charge is -2.33. The number of H-pyrrole nitrogens is 1. The number of pyridine rings is 1. The maximum absolute atomic E-state index is 12.4. The Labute approximate surface area is 140 Å². The van der Waals surface area contributed by atoms with Crippen molar-refractivity contribution in [1.82, 2.24) is 4.98 Å². The van der Waals surface area contributed by atoms with Crippen molar-refractivity contribution in [2.24, 2.45) is 0 Å². The zero-order valence-corrected chi connectivity index (χ0v) is 14.1. The fourth-order valence-electron chi connectivity index (χ4n) is 2.85. The molecule has 5 heteroatoms. The lowest BCUT2D eigenvalue weighted by Crippen LogP contribution is -2.44. The fourth-order valence-corrected chi connectivity index (χ4v) is 2.85. The molecule has 0 bridgehead atoms. The molecule has 2 atom stereocenters. The Morgan fingerprint density at radius 2 is 1.96 bits per heavy atom. The van der Waals surface area contributed by atoms with Crippen LogP contribution in [-0.2, 0) is 5.41 Å². The van der Waals surface area contributed by atoms with Crippen LogP contribution in [0.15, 0.2) is 53.0 Å². The molecule has 5 nitrogen and oxygen atoms in total. The van der Waals surface area contributed by atoms with Gasteiger partial charge in [-0.1, -0.05) is 43.3 Å². The average molecular weight is 329 g/mol. The number of nitrogens with one attached hydrogen (secondary N) is 1. The van der Waals surface area contributed by atoms with Gasteiger partial charge in [-0.15, -0.1) is 0 Å². The van der Waals surface area contributed by atoms with Crippen molar-refractivity contribution in [3.05, 3.63) is 64.1 Å². The van der Waals surface area contributed by atoms with Crippen LogP contribution in [-0.4, -0.2) is 33.0 Å². The number of aromatic amines is 1. The van der Waals surface area contributed by atoms with Gasteiger partial charge in [0.25, 0.3) is 5.56 Å². The third-order valence-corrected chi connectivity index (χ3v) is 4.54. The minimum absolute atomic E-state index is 0.0277. The lowest BCUT2D eigenvalue weighted by atomic mass is 9.75. The molecule has 0 radical (unpaired) electrons. The van der Waals surface area contributed by atoms with Crippen LogP contribution in [0.5, 0.6) is 5.75 Å². The second kappa shape index (κ2) is 7.03. The van der Waals surface area contributed by atoms with Crippen molar-refractivity contribution >= 4 is 0 Å². The van der Waals surface area contributed by atoms with E-state index < -0.39 is 23.7 Å². The first kappa shape index (κ1) is 18.0. The summed E-state index contributed by atoms with van der Waals surface area (Å²) in [6.07, 6.45) is 2.04. The van der Waals surface area contributed by atoms with E-state index in [1.165, 1.54) is 6.20 Å². The highest BCUT2D eigenvalue weighted by molar-refractivity contribution is 5.71. The number of allylic oxidation sites excluding steroid dienone is 1. The predicted octanol–water partition coefficient (Wildman–Crippen LogP) is 2.32. The first-order chi connectivity index (χ1) is 11.4. The first-order valence-electron chi connectivity index (χ1n) is 7.79. The van der Waals surface area contributed by atoms with Crippen molar-refractivity contribution in [2.75, 3.05) is 6.61 Å². The minimum atomic E-state index is -1.33. The topological polar surface area (TPSA) is 93.5 Å². The molecule has 0 aliphatic rings. The van der Waals surface area contributed by atoms with Crippen molar-refractivity contribution in [2.45, 2.75) is 32.3 Å². The van der Waals surface area contributed by atoms with E-state index in [0.717, 1.165) is 5.56 Å². The molecule has 24 heavy (non-hydrogen) atoms. The molecule has 0 saturated heterocycles. The van der Waals surface area contributed by atoms with E-state index >= 15 is 0 Å².